The summed E-state index contributed by atoms with van der Waals surface area (Å²) < 4.78 is 7.03. The maximum Gasteiger partial charge on any atom is 0.272 e. The average Bonchev–Trinajstić information content (AvgIpc) is 3.12. The molecule has 1 unspecified atom stereocenters. The van der Waals surface area contributed by atoms with E-state index in [0.717, 1.165) is 16.8 Å². The fourth-order valence-corrected chi connectivity index (χ4v) is 2.79. The summed E-state index contributed by atoms with van der Waals surface area (Å²) in [6.45, 7) is 3.91. The molecule has 5 nitrogen and oxygen atoms in total. The molecule has 0 aliphatic heterocycles. The van der Waals surface area contributed by atoms with Crippen LogP contribution in [0.2, 0.25) is 5.02 Å². The van der Waals surface area contributed by atoms with E-state index in [-0.39, 0.29) is 11.9 Å². The SMILES string of the molecule is COc1ccc(C)cc1-n1ccc(C(=O)NC(C)c2ccc(Cl)cc2)n1. The number of hydrogen-bond donors (Lipinski definition) is 1. The van der Waals surface area contributed by atoms with E-state index in [1.165, 1.54) is 0 Å². The number of methoxy groups -OCH3 is 1. The van der Waals surface area contributed by atoms with Gasteiger partial charge in [-0.25, -0.2) is 4.68 Å². The largest absolute Gasteiger partial charge is 0.494 e. The van der Waals surface area contributed by atoms with Crippen molar-refractivity contribution in [3.8, 4) is 11.4 Å². The fraction of sp³-hybridized carbons (Fsp3) is 0.200. The zero-order valence-corrected chi connectivity index (χ0v) is 15.6. The Kier molecular flexibility index (Phi) is 5.28. The number of benzene rings is 2. The molecular formula is C20H20ClN3O2. The quantitative estimate of drug-likeness (QED) is 0.728. The first-order chi connectivity index (χ1) is 12.5. The van der Waals surface area contributed by atoms with Crippen LogP contribution in [0.4, 0.5) is 0 Å². The van der Waals surface area contributed by atoms with E-state index in [1.807, 2.05) is 44.2 Å². The van der Waals surface area contributed by atoms with Gasteiger partial charge in [-0.2, -0.15) is 5.10 Å². The van der Waals surface area contributed by atoms with Crippen molar-refractivity contribution in [1.82, 2.24) is 15.1 Å². The van der Waals surface area contributed by atoms with Gasteiger partial charge in [-0.3, -0.25) is 4.79 Å². The molecule has 1 aromatic heterocycles. The zero-order valence-electron chi connectivity index (χ0n) is 14.9. The Bertz CT molecular complexity index is 919. The summed E-state index contributed by atoms with van der Waals surface area (Å²) in [6, 6.07) is 14.7. The van der Waals surface area contributed by atoms with E-state index in [1.54, 1.807) is 36.2 Å². The molecule has 1 amide bonds. The summed E-state index contributed by atoms with van der Waals surface area (Å²) in [5, 5.41) is 8.01. The van der Waals surface area contributed by atoms with Crippen LogP contribution in [0.15, 0.2) is 54.7 Å². The molecule has 1 atom stereocenters. The van der Waals surface area contributed by atoms with Crippen molar-refractivity contribution < 1.29 is 9.53 Å². The number of ether oxygens (including phenoxy) is 1. The molecule has 134 valence electrons. The zero-order chi connectivity index (χ0) is 18.7. The average molecular weight is 370 g/mol. The number of carbonyl (C=O) groups is 1. The Morgan fingerprint density at radius 1 is 1.19 bits per heavy atom. The summed E-state index contributed by atoms with van der Waals surface area (Å²) in [7, 11) is 1.61. The fourth-order valence-electron chi connectivity index (χ4n) is 2.66. The summed E-state index contributed by atoms with van der Waals surface area (Å²) in [4.78, 5) is 12.5. The first kappa shape index (κ1) is 18.0. The topological polar surface area (TPSA) is 56.1 Å². The highest BCUT2D eigenvalue weighted by Crippen LogP contribution is 2.23. The number of rotatable bonds is 5. The third-order valence-corrected chi connectivity index (χ3v) is 4.37. The summed E-state index contributed by atoms with van der Waals surface area (Å²) >= 11 is 5.90. The van der Waals surface area contributed by atoms with Crippen LogP contribution in [0.5, 0.6) is 5.75 Å². The third kappa shape index (κ3) is 3.89. The lowest BCUT2D eigenvalue weighted by molar-refractivity contribution is 0.0934. The van der Waals surface area contributed by atoms with E-state index < -0.39 is 0 Å². The smallest absolute Gasteiger partial charge is 0.272 e. The Hall–Kier alpha value is -2.79. The van der Waals surface area contributed by atoms with Gasteiger partial charge < -0.3 is 10.1 Å². The molecule has 1 heterocycles. The van der Waals surface area contributed by atoms with Crippen LogP contribution >= 0.6 is 11.6 Å². The van der Waals surface area contributed by atoms with Crippen LogP contribution in [-0.4, -0.2) is 22.8 Å². The van der Waals surface area contributed by atoms with E-state index in [9.17, 15) is 4.79 Å². The van der Waals surface area contributed by atoms with Gasteiger partial charge in [0.2, 0.25) is 0 Å². The molecule has 0 radical (unpaired) electrons. The van der Waals surface area contributed by atoms with Gasteiger partial charge in [0, 0.05) is 11.2 Å². The molecule has 26 heavy (non-hydrogen) atoms. The van der Waals surface area contributed by atoms with Crippen LogP contribution < -0.4 is 10.1 Å². The lowest BCUT2D eigenvalue weighted by Gasteiger charge is -2.13. The number of carbonyl (C=O) groups excluding carboxylic acids is 1. The minimum atomic E-state index is -0.238. The van der Waals surface area contributed by atoms with Gasteiger partial charge in [0.05, 0.1) is 13.2 Å². The second-order valence-corrected chi connectivity index (χ2v) is 6.50. The number of nitrogens with zero attached hydrogens (tertiary/aromatic N) is 2. The number of aryl methyl sites for hydroxylation is 1. The van der Waals surface area contributed by atoms with Crippen molar-refractivity contribution in [3.63, 3.8) is 0 Å². The Labute approximate surface area is 157 Å². The monoisotopic (exact) mass is 369 g/mol. The second kappa shape index (κ2) is 7.62. The Morgan fingerprint density at radius 2 is 1.92 bits per heavy atom. The Balaban J connectivity index is 1.78. The molecule has 3 aromatic rings. The molecule has 0 aliphatic rings. The van der Waals surface area contributed by atoms with Gasteiger partial charge in [0.25, 0.3) is 5.91 Å². The van der Waals surface area contributed by atoms with E-state index in [2.05, 4.69) is 10.4 Å². The molecule has 0 saturated heterocycles. The molecule has 0 saturated carbocycles. The molecule has 2 aromatic carbocycles. The van der Waals surface area contributed by atoms with Gasteiger partial charge in [-0.15, -0.1) is 0 Å². The van der Waals surface area contributed by atoms with Crippen molar-refractivity contribution in [2.24, 2.45) is 0 Å². The molecule has 0 bridgehead atoms. The number of amides is 1. The molecule has 0 aliphatic carbocycles. The number of aromatic nitrogens is 2. The highest BCUT2D eigenvalue weighted by atomic mass is 35.5. The maximum atomic E-state index is 12.5. The van der Waals surface area contributed by atoms with Gasteiger partial charge >= 0.3 is 0 Å². The van der Waals surface area contributed by atoms with E-state index in [4.69, 9.17) is 16.3 Å². The first-order valence-electron chi connectivity index (χ1n) is 8.25. The first-order valence-corrected chi connectivity index (χ1v) is 8.62. The third-order valence-electron chi connectivity index (χ3n) is 4.12. The number of nitrogens with one attached hydrogen (secondary N) is 1. The van der Waals surface area contributed by atoms with Gasteiger partial charge in [0.15, 0.2) is 5.69 Å². The Morgan fingerprint density at radius 3 is 2.62 bits per heavy atom. The van der Waals surface area contributed by atoms with Gasteiger partial charge in [-0.1, -0.05) is 29.8 Å². The second-order valence-electron chi connectivity index (χ2n) is 6.07. The molecule has 6 heteroatoms. The maximum absolute atomic E-state index is 12.5. The minimum Gasteiger partial charge on any atom is -0.494 e. The van der Waals surface area contributed by atoms with Crippen LogP contribution in [-0.2, 0) is 0 Å². The molecular weight excluding hydrogens is 350 g/mol. The molecule has 0 fully saturated rings. The predicted octanol–water partition coefficient (Wildman–Crippen LogP) is 4.33. The van der Waals surface area contributed by atoms with Crippen LogP contribution in [0.25, 0.3) is 5.69 Å². The number of halogens is 1. The molecule has 0 spiro atoms. The highest BCUT2D eigenvalue weighted by molar-refractivity contribution is 6.30. The van der Waals surface area contributed by atoms with E-state index >= 15 is 0 Å². The summed E-state index contributed by atoms with van der Waals surface area (Å²) in [5.41, 5.74) is 3.19. The molecule has 3 rings (SSSR count). The van der Waals surface area contributed by atoms with Crippen LogP contribution in [0, 0.1) is 6.92 Å². The van der Waals surface area contributed by atoms with Gasteiger partial charge in [-0.05, 0) is 55.3 Å². The summed E-state index contributed by atoms with van der Waals surface area (Å²) in [6.07, 6.45) is 1.75. The van der Waals surface area contributed by atoms with Crippen LogP contribution in [0.1, 0.15) is 34.6 Å². The summed E-state index contributed by atoms with van der Waals surface area (Å²) in [5.74, 6) is 0.456. The minimum absolute atomic E-state index is 0.154. The van der Waals surface area contributed by atoms with Crippen molar-refractivity contribution in [2.75, 3.05) is 7.11 Å². The molecule has 1 N–H and O–H groups in total. The lowest BCUT2D eigenvalue weighted by atomic mass is 10.1. The van der Waals surface area contributed by atoms with Crippen molar-refractivity contribution >= 4 is 17.5 Å². The van der Waals surface area contributed by atoms with Gasteiger partial charge in [0.1, 0.15) is 11.4 Å². The van der Waals surface area contributed by atoms with E-state index in [0.29, 0.717) is 16.5 Å². The number of hydrogen-bond acceptors (Lipinski definition) is 3. The normalized spacial score (nSPS) is 11.8. The van der Waals surface area contributed by atoms with Crippen molar-refractivity contribution in [3.05, 3.63) is 76.6 Å². The van der Waals surface area contributed by atoms with Crippen LogP contribution in [0.3, 0.4) is 0 Å². The van der Waals surface area contributed by atoms with Crippen molar-refractivity contribution in [1.29, 1.82) is 0 Å². The standard InChI is InChI=1S/C20H20ClN3O2/c1-13-4-9-19(26-3)18(12-13)24-11-10-17(23-24)20(25)22-14(2)15-5-7-16(21)8-6-15/h4-12,14H,1-3H3,(H,22,25). The highest BCUT2D eigenvalue weighted by Gasteiger charge is 2.15. The lowest BCUT2D eigenvalue weighted by Crippen LogP contribution is -2.27. The predicted molar refractivity (Wildman–Crippen MR) is 102 cm³/mol. The van der Waals surface area contributed by atoms with Crippen molar-refractivity contribution in [2.45, 2.75) is 19.9 Å².